The number of carbonyl (C=O) groups excluding carboxylic acids is 1. The molecule has 27 heavy (non-hydrogen) atoms. The number of phenolic OH excluding ortho intramolecular Hbond substituents is 1. The number of carbonyl (C=O) groups is 2. The molecule has 2 aromatic carbocycles. The Hall–Kier alpha value is -2.82. The lowest BCUT2D eigenvalue weighted by molar-refractivity contribution is -0.122. The van der Waals surface area contributed by atoms with Crippen LogP contribution in [-0.4, -0.2) is 29.0 Å². The molecule has 146 valence electrons. The molecule has 3 N–H and O–H groups in total. The molecule has 0 saturated carbocycles. The summed E-state index contributed by atoms with van der Waals surface area (Å²) in [5.41, 5.74) is 2.60. The van der Waals surface area contributed by atoms with Gasteiger partial charge in [-0.15, -0.1) is 0 Å². The van der Waals surface area contributed by atoms with Crippen molar-refractivity contribution in [2.75, 3.05) is 11.9 Å². The smallest absolute Gasteiger partial charge is 0.290 e. The van der Waals surface area contributed by atoms with Crippen molar-refractivity contribution in [3.63, 3.8) is 0 Å². The summed E-state index contributed by atoms with van der Waals surface area (Å²) < 4.78 is 0. The first-order valence-electron chi connectivity index (χ1n) is 9.36. The Bertz CT molecular complexity index is 714. The van der Waals surface area contributed by atoms with Gasteiger partial charge in [-0.1, -0.05) is 62.6 Å². The van der Waals surface area contributed by atoms with Crippen LogP contribution in [-0.2, 0) is 11.2 Å². The van der Waals surface area contributed by atoms with Crippen LogP contribution in [0.15, 0.2) is 42.5 Å². The SMILES string of the molecule is CCCCCCc1ccc(NCC)c(O)c1C(=O)c1ccccc1.O=CO. The fourth-order valence-corrected chi connectivity index (χ4v) is 2.90. The molecule has 5 nitrogen and oxygen atoms in total. The predicted molar refractivity (Wildman–Crippen MR) is 109 cm³/mol. The predicted octanol–water partition coefficient (Wildman–Crippen LogP) is 4.88. The van der Waals surface area contributed by atoms with Gasteiger partial charge in [0.1, 0.15) is 5.75 Å². The van der Waals surface area contributed by atoms with Gasteiger partial charge in [0.15, 0.2) is 5.78 Å². The lowest BCUT2D eigenvalue weighted by Gasteiger charge is -2.15. The first kappa shape index (κ1) is 22.2. The third-order valence-corrected chi connectivity index (χ3v) is 4.19. The molecular formula is C22H29NO4. The second-order valence-electron chi connectivity index (χ2n) is 6.14. The molecule has 0 unspecified atom stereocenters. The number of aromatic hydroxyl groups is 1. The van der Waals surface area contributed by atoms with Crippen molar-refractivity contribution >= 4 is 17.9 Å². The molecule has 0 aromatic heterocycles. The molecule has 0 saturated heterocycles. The third-order valence-electron chi connectivity index (χ3n) is 4.19. The van der Waals surface area contributed by atoms with Crippen molar-refractivity contribution in [2.24, 2.45) is 0 Å². The summed E-state index contributed by atoms with van der Waals surface area (Å²) in [5, 5.41) is 20.7. The van der Waals surface area contributed by atoms with Crippen LogP contribution in [0.5, 0.6) is 5.75 Å². The molecule has 2 rings (SSSR count). The van der Waals surface area contributed by atoms with Crippen LogP contribution in [0.3, 0.4) is 0 Å². The lowest BCUT2D eigenvalue weighted by atomic mass is 9.93. The van der Waals surface area contributed by atoms with E-state index in [-0.39, 0.29) is 18.0 Å². The van der Waals surface area contributed by atoms with Gasteiger partial charge in [-0.05, 0) is 31.4 Å². The molecular weight excluding hydrogens is 342 g/mol. The van der Waals surface area contributed by atoms with Gasteiger partial charge in [-0.25, -0.2) is 0 Å². The summed E-state index contributed by atoms with van der Waals surface area (Å²) in [6.45, 7) is 4.60. The highest BCUT2D eigenvalue weighted by molar-refractivity contribution is 6.12. The molecule has 2 aromatic rings. The van der Waals surface area contributed by atoms with Crippen LogP contribution in [0.1, 0.15) is 61.0 Å². The molecule has 0 amide bonds. The van der Waals surface area contributed by atoms with Crippen molar-refractivity contribution in [1.29, 1.82) is 0 Å². The fourth-order valence-electron chi connectivity index (χ4n) is 2.90. The zero-order valence-corrected chi connectivity index (χ0v) is 16.1. The van der Waals surface area contributed by atoms with E-state index in [2.05, 4.69) is 12.2 Å². The summed E-state index contributed by atoms with van der Waals surface area (Å²) in [6.07, 6.45) is 5.37. The number of carboxylic acid groups (broad SMARTS) is 1. The maximum absolute atomic E-state index is 12.9. The minimum atomic E-state index is -0.250. The average molecular weight is 371 g/mol. The van der Waals surface area contributed by atoms with Gasteiger partial charge in [-0.3, -0.25) is 9.59 Å². The Balaban J connectivity index is 0.00000114. The first-order chi connectivity index (χ1) is 13.1. The second kappa shape index (κ2) is 12.5. The molecule has 0 heterocycles. The molecule has 0 bridgehead atoms. The van der Waals surface area contributed by atoms with Crippen molar-refractivity contribution in [2.45, 2.75) is 46.0 Å². The number of aryl methyl sites for hydroxylation is 1. The zero-order valence-electron chi connectivity index (χ0n) is 16.1. The summed E-state index contributed by atoms with van der Waals surface area (Å²) in [7, 11) is 0. The quantitative estimate of drug-likeness (QED) is 0.253. The van der Waals surface area contributed by atoms with Crippen molar-refractivity contribution < 1.29 is 19.8 Å². The number of ketones is 1. The van der Waals surface area contributed by atoms with E-state index in [1.807, 2.05) is 37.3 Å². The largest absolute Gasteiger partial charge is 0.505 e. The summed E-state index contributed by atoms with van der Waals surface area (Å²) in [6, 6.07) is 13.0. The number of rotatable bonds is 9. The molecule has 5 heteroatoms. The fraction of sp³-hybridized carbons (Fsp3) is 0.364. The standard InChI is InChI=1S/C21H27NO2.CH2O2/c1-3-5-6-8-11-16-14-15-18(22-4-2)21(24)19(16)20(23)17-12-9-7-10-13-17;2-1-3/h7,9-10,12-15,22,24H,3-6,8,11H2,1-2H3;1H,(H,2,3). The average Bonchev–Trinajstić information content (AvgIpc) is 2.68. The van der Waals surface area contributed by atoms with E-state index in [9.17, 15) is 9.90 Å². The van der Waals surface area contributed by atoms with Gasteiger partial charge in [0.05, 0.1) is 11.3 Å². The van der Waals surface area contributed by atoms with Gasteiger partial charge in [0.2, 0.25) is 0 Å². The van der Waals surface area contributed by atoms with Crippen LogP contribution in [0.25, 0.3) is 0 Å². The van der Waals surface area contributed by atoms with Gasteiger partial charge in [0, 0.05) is 12.1 Å². The van der Waals surface area contributed by atoms with E-state index >= 15 is 0 Å². The van der Waals surface area contributed by atoms with E-state index in [1.165, 1.54) is 12.8 Å². The number of unbranched alkanes of at least 4 members (excludes halogenated alkanes) is 3. The number of benzene rings is 2. The highest BCUT2D eigenvalue weighted by Gasteiger charge is 2.20. The highest BCUT2D eigenvalue weighted by Crippen LogP contribution is 2.33. The maximum atomic E-state index is 12.9. The van der Waals surface area contributed by atoms with Crippen molar-refractivity contribution in [1.82, 2.24) is 0 Å². The van der Waals surface area contributed by atoms with E-state index in [0.29, 0.717) is 23.4 Å². The van der Waals surface area contributed by atoms with Crippen LogP contribution in [0.2, 0.25) is 0 Å². The number of hydrogen-bond donors (Lipinski definition) is 3. The van der Waals surface area contributed by atoms with Crippen LogP contribution >= 0.6 is 0 Å². The third kappa shape index (κ3) is 6.77. The summed E-state index contributed by atoms with van der Waals surface area (Å²) >= 11 is 0. The van der Waals surface area contributed by atoms with Crippen LogP contribution < -0.4 is 5.32 Å². The number of anilines is 1. The molecule has 0 radical (unpaired) electrons. The van der Waals surface area contributed by atoms with Gasteiger partial charge in [-0.2, -0.15) is 0 Å². The first-order valence-corrected chi connectivity index (χ1v) is 9.36. The minimum absolute atomic E-state index is 0.0682. The number of nitrogens with one attached hydrogen (secondary N) is 1. The van der Waals surface area contributed by atoms with Crippen LogP contribution in [0, 0.1) is 0 Å². The maximum Gasteiger partial charge on any atom is 0.290 e. The van der Waals surface area contributed by atoms with Gasteiger partial charge < -0.3 is 15.5 Å². The molecule has 0 aliphatic heterocycles. The van der Waals surface area contributed by atoms with Gasteiger partial charge in [0.25, 0.3) is 6.47 Å². The van der Waals surface area contributed by atoms with E-state index < -0.39 is 0 Å². The Morgan fingerprint density at radius 1 is 1.04 bits per heavy atom. The normalized spacial score (nSPS) is 9.85. The minimum Gasteiger partial charge on any atom is -0.505 e. The van der Waals surface area contributed by atoms with E-state index in [4.69, 9.17) is 9.90 Å². The van der Waals surface area contributed by atoms with Gasteiger partial charge >= 0.3 is 0 Å². The monoisotopic (exact) mass is 371 g/mol. The summed E-state index contributed by atoms with van der Waals surface area (Å²) in [4.78, 5) is 21.3. The molecule has 0 aliphatic carbocycles. The highest BCUT2D eigenvalue weighted by atomic mass is 16.3. The molecule has 0 fully saturated rings. The van der Waals surface area contributed by atoms with E-state index in [0.717, 1.165) is 24.8 Å². The van der Waals surface area contributed by atoms with Crippen molar-refractivity contribution in [3.05, 3.63) is 59.2 Å². The van der Waals surface area contributed by atoms with E-state index in [1.54, 1.807) is 12.1 Å². The topological polar surface area (TPSA) is 86.6 Å². The number of hydrogen-bond acceptors (Lipinski definition) is 4. The Kier molecular flexibility index (Phi) is 10.3. The Labute approximate surface area is 161 Å². The summed E-state index contributed by atoms with van der Waals surface area (Å²) in [5.74, 6) is -0.0444. The Morgan fingerprint density at radius 2 is 1.70 bits per heavy atom. The zero-order chi connectivity index (χ0) is 20.1. The lowest BCUT2D eigenvalue weighted by Crippen LogP contribution is -2.08. The Morgan fingerprint density at radius 3 is 2.30 bits per heavy atom. The second-order valence-corrected chi connectivity index (χ2v) is 6.14. The molecule has 0 aliphatic rings. The molecule has 0 spiro atoms. The molecule has 0 atom stereocenters. The number of phenols is 1. The van der Waals surface area contributed by atoms with Crippen molar-refractivity contribution in [3.8, 4) is 5.75 Å². The van der Waals surface area contributed by atoms with Crippen LogP contribution in [0.4, 0.5) is 5.69 Å².